The Bertz CT molecular complexity index is 863. The SMILES string of the molecule is O=C1C[C@@H](C(=O)NCc2nnc3n2CCCCC3)c2ccc(F)cc2N1. The Morgan fingerprint density at radius 1 is 1.31 bits per heavy atom. The van der Waals surface area contributed by atoms with E-state index in [-0.39, 0.29) is 24.8 Å². The number of nitrogens with zero attached hydrogens (tertiary/aromatic N) is 3. The number of rotatable bonds is 3. The topological polar surface area (TPSA) is 88.9 Å². The Hall–Kier alpha value is -2.77. The summed E-state index contributed by atoms with van der Waals surface area (Å²) in [6.07, 6.45) is 4.30. The number of carbonyl (C=O) groups excluding carboxylic acids is 2. The molecule has 0 bridgehead atoms. The van der Waals surface area contributed by atoms with Crippen LogP contribution in [-0.2, 0) is 29.1 Å². The predicted octanol–water partition coefficient (Wildman–Crippen LogP) is 1.89. The minimum atomic E-state index is -0.633. The standard InChI is InChI=1S/C18H20FN5O2/c19-11-5-6-12-13(9-17(25)21-14(12)8-11)18(26)20-10-16-23-22-15-4-2-1-3-7-24(15)16/h5-6,8,13H,1-4,7,9-10H2,(H,20,26)(H,21,25)/t13-/m1/s1. The summed E-state index contributed by atoms with van der Waals surface area (Å²) < 4.78 is 15.5. The van der Waals surface area contributed by atoms with Gasteiger partial charge < -0.3 is 15.2 Å². The normalized spacial score (nSPS) is 19.1. The molecule has 2 amide bonds. The number of nitrogens with one attached hydrogen (secondary N) is 2. The lowest BCUT2D eigenvalue weighted by Crippen LogP contribution is -2.35. The average Bonchev–Trinajstić information content (AvgIpc) is 2.84. The van der Waals surface area contributed by atoms with E-state index in [0.29, 0.717) is 11.3 Å². The van der Waals surface area contributed by atoms with E-state index in [1.807, 2.05) is 0 Å². The lowest BCUT2D eigenvalue weighted by molar-refractivity contribution is -0.126. The van der Waals surface area contributed by atoms with Crippen molar-refractivity contribution in [2.75, 3.05) is 5.32 Å². The van der Waals surface area contributed by atoms with Gasteiger partial charge in [0, 0.05) is 25.1 Å². The molecule has 8 heteroatoms. The van der Waals surface area contributed by atoms with Crippen molar-refractivity contribution in [1.29, 1.82) is 0 Å². The monoisotopic (exact) mass is 357 g/mol. The first-order valence-corrected chi connectivity index (χ1v) is 8.90. The van der Waals surface area contributed by atoms with E-state index < -0.39 is 11.7 Å². The molecule has 136 valence electrons. The fraction of sp³-hybridized carbons (Fsp3) is 0.444. The smallest absolute Gasteiger partial charge is 0.228 e. The third kappa shape index (κ3) is 3.18. The number of benzene rings is 1. The van der Waals surface area contributed by atoms with Crippen molar-refractivity contribution in [1.82, 2.24) is 20.1 Å². The zero-order valence-electron chi connectivity index (χ0n) is 14.3. The first-order valence-electron chi connectivity index (χ1n) is 8.90. The van der Waals surface area contributed by atoms with Crippen LogP contribution in [0.2, 0.25) is 0 Å². The summed E-state index contributed by atoms with van der Waals surface area (Å²) in [5, 5.41) is 13.9. The van der Waals surface area contributed by atoms with Crippen molar-refractivity contribution in [3.05, 3.63) is 41.2 Å². The second kappa shape index (κ2) is 6.86. The lowest BCUT2D eigenvalue weighted by atomic mass is 9.89. The molecule has 2 aliphatic heterocycles. The minimum absolute atomic E-state index is 0.0441. The van der Waals surface area contributed by atoms with Crippen LogP contribution in [0, 0.1) is 5.82 Å². The van der Waals surface area contributed by atoms with E-state index in [1.54, 1.807) is 6.07 Å². The average molecular weight is 357 g/mol. The number of amides is 2. The van der Waals surface area contributed by atoms with Crippen LogP contribution in [0.15, 0.2) is 18.2 Å². The molecule has 7 nitrogen and oxygen atoms in total. The molecule has 0 radical (unpaired) electrons. The highest BCUT2D eigenvalue weighted by atomic mass is 19.1. The van der Waals surface area contributed by atoms with E-state index in [4.69, 9.17) is 0 Å². The fourth-order valence-electron chi connectivity index (χ4n) is 3.64. The van der Waals surface area contributed by atoms with Gasteiger partial charge in [0.2, 0.25) is 11.8 Å². The molecule has 1 aromatic carbocycles. The van der Waals surface area contributed by atoms with Crippen LogP contribution in [0.4, 0.5) is 10.1 Å². The highest BCUT2D eigenvalue weighted by Crippen LogP contribution is 2.32. The molecule has 26 heavy (non-hydrogen) atoms. The van der Waals surface area contributed by atoms with E-state index in [1.165, 1.54) is 18.6 Å². The molecule has 1 atom stereocenters. The van der Waals surface area contributed by atoms with Crippen molar-refractivity contribution in [3.63, 3.8) is 0 Å². The van der Waals surface area contributed by atoms with E-state index in [2.05, 4.69) is 25.4 Å². The molecule has 3 heterocycles. The van der Waals surface area contributed by atoms with Gasteiger partial charge in [-0.2, -0.15) is 0 Å². The van der Waals surface area contributed by atoms with Gasteiger partial charge in [0.05, 0.1) is 12.5 Å². The molecule has 4 rings (SSSR count). The van der Waals surface area contributed by atoms with Gasteiger partial charge in [-0.25, -0.2) is 4.39 Å². The third-order valence-electron chi connectivity index (χ3n) is 4.98. The second-order valence-electron chi connectivity index (χ2n) is 6.75. The zero-order valence-corrected chi connectivity index (χ0v) is 14.3. The van der Waals surface area contributed by atoms with Crippen LogP contribution in [0.3, 0.4) is 0 Å². The van der Waals surface area contributed by atoms with Gasteiger partial charge in [0.1, 0.15) is 11.6 Å². The van der Waals surface area contributed by atoms with Crippen molar-refractivity contribution >= 4 is 17.5 Å². The molecule has 1 aromatic heterocycles. The van der Waals surface area contributed by atoms with Gasteiger partial charge in [-0.15, -0.1) is 10.2 Å². The van der Waals surface area contributed by atoms with Crippen LogP contribution in [0.1, 0.15) is 48.8 Å². The Morgan fingerprint density at radius 3 is 3.08 bits per heavy atom. The number of fused-ring (bicyclic) bond motifs is 2. The van der Waals surface area contributed by atoms with Crippen LogP contribution >= 0.6 is 0 Å². The van der Waals surface area contributed by atoms with Gasteiger partial charge in [0.15, 0.2) is 5.82 Å². The summed E-state index contributed by atoms with van der Waals surface area (Å²) >= 11 is 0. The molecule has 0 aliphatic carbocycles. The Morgan fingerprint density at radius 2 is 2.19 bits per heavy atom. The largest absolute Gasteiger partial charge is 0.348 e. The maximum Gasteiger partial charge on any atom is 0.228 e. The van der Waals surface area contributed by atoms with Crippen LogP contribution in [-0.4, -0.2) is 26.6 Å². The van der Waals surface area contributed by atoms with Gasteiger partial charge in [-0.05, 0) is 30.5 Å². The van der Waals surface area contributed by atoms with Crippen LogP contribution in [0.5, 0.6) is 0 Å². The van der Waals surface area contributed by atoms with E-state index in [9.17, 15) is 14.0 Å². The van der Waals surface area contributed by atoms with Crippen LogP contribution < -0.4 is 10.6 Å². The maximum atomic E-state index is 13.4. The van der Waals surface area contributed by atoms with Crippen molar-refractivity contribution < 1.29 is 14.0 Å². The molecule has 2 aliphatic rings. The van der Waals surface area contributed by atoms with Gasteiger partial charge in [0.25, 0.3) is 0 Å². The number of aryl methyl sites for hydroxylation is 1. The predicted molar refractivity (Wildman–Crippen MR) is 91.8 cm³/mol. The number of anilines is 1. The molecular formula is C18H20FN5O2. The summed E-state index contributed by atoms with van der Waals surface area (Å²) in [6, 6.07) is 4.09. The van der Waals surface area contributed by atoms with Crippen molar-refractivity contribution in [2.45, 2.75) is 51.1 Å². The summed E-state index contributed by atoms with van der Waals surface area (Å²) in [6.45, 7) is 1.13. The van der Waals surface area contributed by atoms with Crippen molar-refractivity contribution in [2.24, 2.45) is 0 Å². The molecule has 0 saturated heterocycles. The first-order chi connectivity index (χ1) is 12.6. The summed E-state index contributed by atoms with van der Waals surface area (Å²) in [4.78, 5) is 24.6. The highest BCUT2D eigenvalue weighted by molar-refractivity contribution is 6.01. The minimum Gasteiger partial charge on any atom is -0.348 e. The highest BCUT2D eigenvalue weighted by Gasteiger charge is 2.31. The van der Waals surface area contributed by atoms with Crippen molar-refractivity contribution in [3.8, 4) is 0 Å². The summed E-state index contributed by atoms with van der Waals surface area (Å²) in [7, 11) is 0. The van der Waals surface area contributed by atoms with Gasteiger partial charge >= 0.3 is 0 Å². The molecule has 2 aromatic rings. The Balaban J connectivity index is 1.49. The molecular weight excluding hydrogens is 337 g/mol. The first kappa shape index (κ1) is 16.7. The van der Waals surface area contributed by atoms with E-state index >= 15 is 0 Å². The number of halogens is 1. The summed E-state index contributed by atoms with van der Waals surface area (Å²) in [5.41, 5.74) is 0.987. The molecule has 0 fully saturated rings. The molecule has 2 N–H and O–H groups in total. The number of carbonyl (C=O) groups is 2. The molecule has 0 saturated carbocycles. The zero-order chi connectivity index (χ0) is 18.1. The van der Waals surface area contributed by atoms with Gasteiger partial charge in [-0.3, -0.25) is 9.59 Å². The quantitative estimate of drug-likeness (QED) is 0.878. The third-order valence-corrected chi connectivity index (χ3v) is 4.98. The molecule has 0 spiro atoms. The summed E-state index contributed by atoms with van der Waals surface area (Å²) in [5.74, 6) is 0.0554. The molecule has 0 unspecified atom stereocenters. The number of aromatic nitrogens is 3. The van der Waals surface area contributed by atoms with Crippen LogP contribution in [0.25, 0.3) is 0 Å². The lowest BCUT2D eigenvalue weighted by Gasteiger charge is -2.24. The van der Waals surface area contributed by atoms with E-state index in [0.717, 1.165) is 37.5 Å². The fourth-order valence-corrected chi connectivity index (χ4v) is 3.64. The second-order valence-corrected chi connectivity index (χ2v) is 6.75. The van der Waals surface area contributed by atoms with Gasteiger partial charge in [-0.1, -0.05) is 12.5 Å². The maximum absolute atomic E-state index is 13.4. The Kier molecular flexibility index (Phi) is 4.40. The Labute approximate surface area is 150 Å². The number of hydrogen-bond acceptors (Lipinski definition) is 4. The number of hydrogen-bond donors (Lipinski definition) is 2.